The first kappa shape index (κ1) is 10.7. The van der Waals surface area contributed by atoms with Crippen LogP contribution in [0.5, 0.6) is 11.5 Å². The van der Waals surface area contributed by atoms with Gasteiger partial charge in [-0.1, -0.05) is 15.9 Å². The lowest BCUT2D eigenvalue weighted by Crippen LogP contribution is -2.17. The summed E-state index contributed by atoms with van der Waals surface area (Å²) in [6.45, 7) is 4.09. The average molecular weight is 275 g/mol. The van der Waals surface area contributed by atoms with Crippen molar-refractivity contribution in [3.63, 3.8) is 0 Å². The van der Waals surface area contributed by atoms with Crippen molar-refractivity contribution < 1.29 is 13.9 Å². The topological polar surface area (TPSA) is 18.5 Å². The first-order valence-corrected chi connectivity index (χ1v) is 5.56. The molecule has 0 unspecified atom stereocenters. The normalized spacial score (nSPS) is 15.2. The predicted molar refractivity (Wildman–Crippen MR) is 59.3 cm³/mol. The lowest BCUT2D eigenvalue weighted by molar-refractivity contribution is 0.168. The number of halogens is 2. The second-order valence-electron chi connectivity index (χ2n) is 3.95. The largest absolute Gasteiger partial charge is 0.486 e. The summed E-state index contributed by atoms with van der Waals surface area (Å²) in [7, 11) is 0. The second kappa shape index (κ2) is 3.67. The molecule has 0 aromatic heterocycles. The van der Waals surface area contributed by atoms with Crippen molar-refractivity contribution in [2.24, 2.45) is 0 Å². The Hall–Kier alpha value is -0.770. The third kappa shape index (κ3) is 2.09. The minimum atomic E-state index is -1.39. The number of hydrogen-bond acceptors (Lipinski definition) is 2. The molecule has 2 rings (SSSR count). The van der Waals surface area contributed by atoms with Gasteiger partial charge >= 0.3 is 0 Å². The van der Waals surface area contributed by atoms with Crippen LogP contribution in [-0.2, 0) is 5.67 Å². The van der Waals surface area contributed by atoms with Gasteiger partial charge in [-0.2, -0.15) is 0 Å². The first-order valence-electron chi connectivity index (χ1n) is 4.77. The molecule has 0 N–H and O–H groups in total. The minimum Gasteiger partial charge on any atom is -0.486 e. The van der Waals surface area contributed by atoms with Crippen LogP contribution in [0.15, 0.2) is 16.6 Å². The molecule has 0 fully saturated rings. The Morgan fingerprint density at radius 2 is 1.73 bits per heavy atom. The average Bonchev–Trinajstić information content (AvgIpc) is 2.15. The Kier molecular flexibility index (Phi) is 2.63. The van der Waals surface area contributed by atoms with Gasteiger partial charge in [-0.3, -0.25) is 0 Å². The van der Waals surface area contributed by atoms with Crippen molar-refractivity contribution >= 4 is 15.9 Å². The lowest BCUT2D eigenvalue weighted by atomic mass is 10.00. The molecule has 0 saturated heterocycles. The molecule has 15 heavy (non-hydrogen) atoms. The summed E-state index contributed by atoms with van der Waals surface area (Å²) in [5, 5.41) is 0. The van der Waals surface area contributed by atoms with Crippen LogP contribution in [0.2, 0.25) is 0 Å². The van der Waals surface area contributed by atoms with Gasteiger partial charge < -0.3 is 9.47 Å². The first-order chi connectivity index (χ1) is 6.98. The molecule has 0 aliphatic carbocycles. The Morgan fingerprint density at radius 1 is 1.20 bits per heavy atom. The highest BCUT2D eigenvalue weighted by Crippen LogP contribution is 2.40. The van der Waals surface area contributed by atoms with E-state index in [1.54, 1.807) is 12.1 Å². The molecule has 1 heterocycles. The molecule has 1 aliphatic rings. The van der Waals surface area contributed by atoms with Gasteiger partial charge in [0.2, 0.25) is 0 Å². The minimum absolute atomic E-state index is 0.515. The summed E-state index contributed by atoms with van der Waals surface area (Å²) in [6, 6.07) is 3.45. The van der Waals surface area contributed by atoms with Gasteiger partial charge in [0.05, 0.1) is 0 Å². The number of hydrogen-bond donors (Lipinski definition) is 0. The van der Waals surface area contributed by atoms with E-state index in [9.17, 15) is 4.39 Å². The van der Waals surface area contributed by atoms with Gasteiger partial charge in [0.25, 0.3) is 0 Å². The Bertz CT molecular complexity index is 385. The number of rotatable bonds is 1. The molecule has 0 atom stereocenters. The zero-order chi connectivity index (χ0) is 11.1. The van der Waals surface area contributed by atoms with Crippen LogP contribution >= 0.6 is 15.9 Å². The zero-order valence-corrected chi connectivity index (χ0v) is 10.2. The Labute approximate surface area is 96.5 Å². The van der Waals surface area contributed by atoms with Crippen molar-refractivity contribution in [3.8, 4) is 11.5 Å². The SMILES string of the molecule is CC(C)(F)c1cc2c(cc1Br)OCCO2. The molecular formula is C11H12BrFO2. The third-order valence-electron chi connectivity index (χ3n) is 2.27. The van der Waals surface area contributed by atoms with Crippen LogP contribution < -0.4 is 9.47 Å². The molecule has 1 aromatic rings. The summed E-state index contributed by atoms with van der Waals surface area (Å²) in [6.07, 6.45) is 0. The van der Waals surface area contributed by atoms with E-state index in [-0.39, 0.29) is 0 Å². The maximum atomic E-state index is 13.8. The highest BCUT2D eigenvalue weighted by molar-refractivity contribution is 9.10. The van der Waals surface area contributed by atoms with E-state index in [1.807, 2.05) is 0 Å². The highest BCUT2D eigenvalue weighted by Gasteiger charge is 2.25. The van der Waals surface area contributed by atoms with Crippen LogP contribution in [-0.4, -0.2) is 13.2 Å². The lowest BCUT2D eigenvalue weighted by Gasteiger charge is -2.23. The molecule has 82 valence electrons. The monoisotopic (exact) mass is 274 g/mol. The molecule has 0 radical (unpaired) electrons. The number of benzene rings is 1. The molecule has 0 spiro atoms. The van der Waals surface area contributed by atoms with Gasteiger partial charge in [-0.15, -0.1) is 0 Å². The van der Waals surface area contributed by atoms with E-state index in [0.717, 1.165) is 0 Å². The standard InChI is InChI=1S/C11H12BrFO2/c1-11(2,13)7-5-9-10(6-8(7)12)15-4-3-14-9/h5-6H,3-4H2,1-2H3. The molecule has 0 bridgehead atoms. The highest BCUT2D eigenvalue weighted by atomic mass is 79.9. The van der Waals surface area contributed by atoms with Crippen molar-refractivity contribution in [2.75, 3.05) is 13.2 Å². The van der Waals surface area contributed by atoms with Crippen molar-refractivity contribution in [1.29, 1.82) is 0 Å². The van der Waals surface area contributed by atoms with E-state index in [1.165, 1.54) is 13.8 Å². The van der Waals surface area contributed by atoms with E-state index < -0.39 is 5.67 Å². The third-order valence-corrected chi connectivity index (χ3v) is 2.93. The molecular weight excluding hydrogens is 263 g/mol. The molecule has 0 amide bonds. The van der Waals surface area contributed by atoms with Gasteiger partial charge in [0.15, 0.2) is 11.5 Å². The van der Waals surface area contributed by atoms with Crippen LogP contribution in [0, 0.1) is 0 Å². The fourth-order valence-electron chi connectivity index (χ4n) is 1.52. The van der Waals surface area contributed by atoms with Gasteiger partial charge in [0, 0.05) is 10.0 Å². The van der Waals surface area contributed by atoms with E-state index in [2.05, 4.69) is 15.9 Å². The quantitative estimate of drug-likeness (QED) is 0.781. The summed E-state index contributed by atoms with van der Waals surface area (Å²) in [5.41, 5.74) is -0.818. The summed E-state index contributed by atoms with van der Waals surface area (Å²) >= 11 is 3.34. The van der Waals surface area contributed by atoms with E-state index in [0.29, 0.717) is 34.7 Å². The van der Waals surface area contributed by atoms with Crippen molar-refractivity contribution in [2.45, 2.75) is 19.5 Å². The van der Waals surface area contributed by atoms with Gasteiger partial charge in [-0.25, -0.2) is 4.39 Å². The Balaban J connectivity index is 2.50. The maximum Gasteiger partial charge on any atom is 0.162 e. The second-order valence-corrected chi connectivity index (χ2v) is 4.80. The number of alkyl halides is 1. The van der Waals surface area contributed by atoms with E-state index in [4.69, 9.17) is 9.47 Å². The molecule has 1 aliphatic heterocycles. The van der Waals surface area contributed by atoms with Gasteiger partial charge in [-0.05, 0) is 26.0 Å². The summed E-state index contributed by atoms with van der Waals surface area (Å²) < 4.78 is 25.3. The van der Waals surface area contributed by atoms with Crippen LogP contribution in [0.1, 0.15) is 19.4 Å². The molecule has 0 saturated carbocycles. The van der Waals surface area contributed by atoms with Gasteiger partial charge in [0.1, 0.15) is 18.9 Å². The molecule has 1 aromatic carbocycles. The van der Waals surface area contributed by atoms with Crippen molar-refractivity contribution in [3.05, 3.63) is 22.2 Å². The van der Waals surface area contributed by atoms with E-state index >= 15 is 0 Å². The zero-order valence-electron chi connectivity index (χ0n) is 8.64. The fourth-order valence-corrected chi connectivity index (χ4v) is 2.31. The summed E-state index contributed by atoms with van der Waals surface area (Å²) in [4.78, 5) is 0. The van der Waals surface area contributed by atoms with Crippen LogP contribution in [0.25, 0.3) is 0 Å². The van der Waals surface area contributed by atoms with Crippen LogP contribution in [0.3, 0.4) is 0 Å². The molecule has 4 heteroatoms. The number of fused-ring (bicyclic) bond motifs is 1. The number of ether oxygens (including phenoxy) is 2. The maximum absolute atomic E-state index is 13.8. The predicted octanol–water partition coefficient (Wildman–Crippen LogP) is 3.42. The van der Waals surface area contributed by atoms with Crippen LogP contribution in [0.4, 0.5) is 4.39 Å². The molecule has 2 nitrogen and oxygen atoms in total. The Morgan fingerprint density at radius 3 is 2.27 bits per heavy atom. The van der Waals surface area contributed by atoms with Crippen molar-refractivity contribution in [1.82, 2.24) is 0 Å². The summed E-state index contributed by atoms with van der Waals surface area (Å²) in [5.74, 6) is 1.28. The smallest absolute Gasteiger partial charge is 0.162 e. The fraction of sp³-hybridized carbons (Fsp3) is 0.455.